The molecule has 1 aliphatic rings. The largest absolute Gasteiger partial charge is 0.351 e. The molecule has 29 heavy (non-hydrogen) atoms. The van der Waals surface area contributed by atoms with Crippen molar-refractivity contribution in [3.63, 3.8) is 0 Å². The molecular formula is C23H29N3O2S. The number of carbonyl (C=O) groups excluding carboxylic acids is 1. The number of carbonyl (C=O) groups is 1. The quantitative estimate of drug-likeness (QED) is 0.670. The Morgan fingerprint density at radius 3 is 2.83 bits per heavy atom. The van der Waals surface area contributed by atoms with Crippen molar-refractivity contribution >= 4 is 37.4 Å². The number of hydrogen-bond donors (Lipinski definition) is 1. The van der Waals surface area contributed by atoms with Crippen LogP contribution in [-0.4, -0.2) is 21.7 Å². The minimum absolute atomic E-state index is 0.0914. The number of hydrogen-bond acceptors (Lipinski definition) is 4. The van der Waals surface area contributed by atoms with Gasteiger partial charge in [-0.2, -0.15) is 5.10 Å². The Kier molecular flexibility index (Phi) is 5.47. The second-order valence-corrected chi connectivity index (χ2v) is 9.50. The van der Waals surface area contributed by atoms with E-state index >= 15 is 0 Å². The van der Waals surface area contributed by atoms with Gasteiger partial charge < -0.3 is 5.32 Å². The van der Waals surface area contributed by atoms with E-state index in [1.165, 1.54) is 11.1 Å². The van der Waals surface area contributed by atoms with E-state index in [9.17, 15) is 9.59 Å². The fraction of sp³-hybridized carbons (Fsp3) is 0.522. The van der Waals surface area contributed by atoms with Gasteiger partial charge in [0.05, 0.1) is 15.8 Å². The van der Waals surface area contributed by atoms with E-state index in [1.807, 2.05) is 38.1 Å². The number of nitrogens with zero attached hydrogens (tertiary/aromatic N) is 2. The Balaban J connectivity index is 1.73. The Hall–Kier alpha value is -2.21. The third-order valence-electron chi connectivity index (χ3n) is 6.62. The van der Waals surface area contributed by atoms with Crippen LogP contribution in [-0.2, 0) is 4.79 Å². The highest BCUT2D eigenvalue weighted by Crippen LogP contribution is 2.33. The van der Waals surface area contributed by atoms with Gasteiger partial charge >= 0.3 is 0 Å². The zero-order valence-corrected chi connectivity index (χ0v) is 18.4. The van der Waals surface area contributed by atoms with Crippen molar-refractivity contribution < 1.29 is 4.79 Å². The lowest BCUT2D eigenvalue weighted by molar-refractivity contribution is -0.126. The summed E-state index contributed by atoms with van der Waals surface area (Å²) in [6.45, 7) is 8.33. The van der Waals surface area contributed by atoms with Gasteiger partial charge in [-0.25, -0.2) is 4.68 Å². The standard InChI is InChI=1S/C23H29N3O2S/c1-5-18(22(27)24-17-11-8-9-13(2)14(17)3)26-23(28)20-16-10-6-7-12-19(16)29-21(20)15(4)25-26/h6-7,10,12-14,17-18H,5,8-9,11H2,1-4H3,(H,24,27)/t13-,14-,17+,18+/m0/s1. The molecule has 0 bridgehead atoms. The van der Waals surface area contributed by atoms with E-state index in [-0.39, 0.29) is 17.5 Å². The molecule has 154 valence electrons. The second-order valence-electron chi connectivity index (χ2n) is 8.44. The number of amides is 1. The molecule has 0 unspecified atom stereocenters. The minimum atomic E-state index is -0.589. The molecule has 1 N–H and O–H groups in total. The van der Waals surface area contributed by atoms with Gasteiger partial charge in [0, 0.05) is 16.1 Å². The van der Waals surface area contributed by atoms with Crippen LogP contribution < -0.4 is 10.9 Å². The van der Waals surface area contributed by atoms with Crippen molar-refractivity contribution in [2.75, 3.05) is 0 Å². The summed E-state index contributed by atoms with van der Waals surface area (Å²) in [6, 6.07) is 7.51. The minimum Gasteiger partial charge on any atom is -0.351 e. The van der Waals surface area contributed by atoms with E-state index in [0.717, 1.165) is 33.3 Å². The monoisotopic (exact) mass is 411 g/mol. The molecule has 3 aromatic rings. The van der Waals surface area contributed by atoms with E-state index < -0.39 is 6.04 Å². The average Bonchev–Trinajstić information content (AvgIpc) is 3.10. The summed E-state index contributed by atoms with van der Waals surface area (Å²) in [7, 11) is 0. The summed E-state index contributed by atoms with van der Waals surface area (Å²) >= 11 is 1.59. The SMILES string of the molecule is CC[C@H](C(=O)N[C@@H]1CCC[C@H](C)[C@@H]1C)n1nc(C)c2sc3ccccc3c2c1=O. The summed E-state index contributed by atoms with van der Waals surface area (Å²) in [5, 5.41) is 9.44. The molecule has 6 heteroatoms. The van der Waals surface area contributed by atoms with Gasteiger partial charge in [0.1, 0.15) is 6.04 Å². The summed E-state index contributed by atoms with van der Waals surface area (Å²) in [5.41, 5.74) is 0.627. The lowest BCUT2D eigenvalue weighted by Gasteiger charge is -2.35. The Morgan fingerprint density at radius 2 is 2.07 bits per heavy atom. The first-order valence-corrected chi connectivity index (χ1v) is 11.4. The van der Waals surface area contributed by atoms with Crippen molar-refractivity contribution in [1.82, 2.24) is 15.1 Å². The van der Waals surface area contributed by atoms with Crippen LogP contribution in [0, 0.1) is 18.8 Å². The average molecular weight is 412 g/mol. The maximum atomic E-state index is 13.4. The van der Waals surface area contributed by atoms with Crippen LogP contribution in [0.2, 0.25) is 0 Å². The van der Waals surface area contributed by atoms with Crippen LogP contribution in [0.3, 0.4) is 0 Å². The van der Waals surface area contributed by atoms with E-state index in [1.54, 1.807) is 11.3 Å². The van der Waals surface area contributed by atoms with Crippen molar-refractivity contribution in [2.24, 2.45) is 11.8 Å². The van der Waals surface area contributed by atoms with Crippen LogP contribution in [0.25, 0.3) is 20.2 Å². The number of nitrogens with one attached hydrogen (secondary N) is 1. The molecule has 1 amide bonds. The lowest BCUT2D eigenvalue weighted by atomic mass is 9.78. The van der Waals surface area contributed by atoms with Crippen LogP contribution >= 0.6 is 11.3 Å². The van der Waals surface area contributed by atoms with E-state index in [4.69, 9.17) is 0 Å². The zero-order valence-electron chi connectivity index (χ0n) is 17.6. The lowest BCUT2D eigenvalue weighted by Crippen LogP contribution is -2.47. The number of benzene rings is 1. The molecule has 0 radical (unpaired) electrons. The van der Waals surface area contributed by atoms with E-state index in [0.29, 0.717) is 23.6 Å². The number of fused-ring (bicyclic) bond motifs is 3. The molecule has 4 atom stereocenters. The molecule has 1 fully saturated rings. The van der Waals surface area contributed by atoms with Gasteiger partial charge in [-0.05, 0) is 37.7 Å². The highest BCUT2D eigenvalue weighted by molar-refractivity contribution is 7.26. The second kappa shape index (κ2) is 7.90. The topological polar surface area (TPSA) is 64.0 Å². The third-order valence-corrected chi connectivity index (χ3v) is 7.90. The number of rotatable bonds is 4. The van der Waals surface area contributed by atoms with Crippen molar-refractivity contribution in [1.29, 1.82) is 0 Å². The molecule has 0 aliphatic heterocycles. The van der Waals surface area contributed by atoms with Crippen molar-refractivity contribution in [3.05, 3.63) is 40.3 Å². The summed E-state index contributed by atoms with van der Waals surface area (Å²) < 4.78 is 3.41. The molecular weight excluding hydrogens is 382 g/mol. The van der Waals surface area contributed by atoms with Crippen molar-refractivity contribution in [3.8, 4) is 0 Å². The maximum Gasteiger partial charge on any atom is 0.276 e. The van der Waals surface area contributed by atoms with Crippen LogP contribution in [0.4, 0.5) is 0 Å². The molecule has 5 nitrogen and oxygen atoms in total. The smallest absolute Gasteiger partial charge is 0.276 e. The zero-order chi connectivity index (χ0) is 20.7. The number of thiophene rings is 1. The summed E-state index contributed by atoms with van der Waals surface area (Å²) in [6.07, 6.45) is 3.88. The predicted octanol–water partition coefficient (Wildman–Crippen LogP) is 4.81. The molecule has 1 aliphatic carbocycles. The van der Waals surface area contributed by atoms with Gasteiger partial charge in [-0.15, -0.1) is 11.3 Å². The Labute approximate surface area is 175 Å². The number of aromatic nitrogens is 2. The highest BCUT2D eigenvalue weighted by Gasteiger charge is 2.31. The first-order valence-electron chi connectivity index (χ1n) is 10.6. The van der Waals surface area contributed by atoms with Crippen LogP contribution in [0.15, 0.2) is 29.1 Å². The maximum absolute atomic E-state index is 13.4. The van der Waals surface area contributed by atoms with Gasteiger partial charge in [0.15, 0.2) is 0 Å². The summed E-state index contributed by atoms with van der Waals surface area (Å²) in [5.74, 6) is 0.956. The normalized spacial score (nSPS) is 23.4. The van der Waals surface area contributed by atoms with Gasteiger partial charge in [-0.1, -0.05) is 51.8 Å². The van der Waals surface area contributed by atoms with Crippen LogP contribution in [0.5, 0.6) is 0 Å². The Bertz CT molecular complexity index is 1120. The predicted molar refractivity (Wildman–Crippen MR) is 120 cm³/mol. The molecule has 0 spiro atoms. The Morgan fingerprint density at radius 1 is 1.31 bits per heavy atom. The van der Waals surface area contributed by atoms with Gasteiger partial charge in [-0.3, -0.25) is 9.59 Å². The molecule has 1 aromatic carbocycles. The number of aryl methyl sites for hydroxylation is 1. The molecule has 2 aromatic heterocycles. The highest BCUT2D eigenvalue weighted by atomic mass is 32.1. The first-order chi connectivity index (χ1) is 13.9. The first kappa shape index (κ1) is 20.1. The van der Waals surface area contributed by atoms with Crippen LogP contribution in [0.1, 0.15) is 58.2 Å². The summed E-state index contributed by atoms with van der Waals surface area (Å²) in [4.78, 5) is 26.6. The van der Waals surface area contributed by atoms with Gasteiger partial charge in [0.25, 0.3) is 5.56 Å². The molecule has 0 saturated heterocycles. The molecule has 4 rings (SSSR count). The van der Waals surface area contributed by atoms with Gasteiger partial charge in [0.2, 0.25) is 5.91 Å². The third kappa shape index (κ3) is 3.48. The van der Waals surface area contributed by atoms with Crippen molar-refractivity contribution in [2.45, 2.75) is 65.5 Å². The fourth-order valence-electron chi connectivity index (χ4n) is 4.62. The fourth-order valence-corrected chi connectivity index (χ4v) is 5.76. The molecule has 2 heterocycles. The van der Waals surface area contributed by atoms with E-state index in [2.05, 4.69) is 24.3 Å². The molecule has 1 saturated carbocycles.